The molecule has 3 nitrogen and oxygen atoms in total. The van der Waals surface area contributed by atoms with E-state index < -0.39 is 0 Å². The molecule has 3 rings (SSSR count). The summed E-state index contributed by atoms with van der Waals surface area (Å²) in [6, 6.07) is 9.47. The van der Waals surface area contributed by atoms with Gasteiger partial charge in [-0.2, -0.15) is 0 Å². The number of aryl methyl sites for hydroxylation is 2. The second-order valence-corrected chi connectivity index (χ2v) is 11.2. The summed E-state index contributed by atoms with van der Waals surface area (Å²) in [5.41, 5.74) is 1.09. The van der Waals surface area contributed by atoms with Crippen molar-refractivity contribution in [1.82, 2.24) is 0 Å². The molecule has 0 spiro atoms. The van der Waals surface area contributed by atoms with Gasteiger partial charge in [-0.25, -0.2) is 4.79 Å². The Morgan fingerprint density at radius 1 is 1.09 bits per heavy atom. The highest BCUT2D eigenvalue weighted by Crippen LogP contribution is 2.42. The largest absolute Gasteiger partial charge is 0.462 e. The van der Waals surface area contributed by atoms with Crippen molar-refractivity contribution in [1.29, 1.82) is 0 Å². The van der Waals surface area contributed by atoms with Crippen LogP contribution in [0.1, 0.15) is 65.6 Å². The minimum atomic E-state index is -0.372. The van der Waals surface area contributed by atoms with E-state index in [2.05, 4.69) is 6.92 Å². The van der Waals surface area contributed by atoms with E-state index in [1.54, 1.807) is 6.07 Å². The van der Waals surface area contributed by atoms with Crippen LogP contribution in [0, 0.1) is 11.8 Å². The Kier molecular flexibility index (Phi) is 10.2. The number of ether oxygens (including phenoxy) is 1. The highest BCUT2D eigenvalue weighted by Gasteiger charge is 2.40. The van der Waals surface area contributed by atoms with Crippen LogP contribution >= 0.6 is 46.1 Å². The first kappa shape index (κ1) is 25.8. The number of thiophene rings is 1. The lowest BCUT2D eigenvalue weighted by Gasteiger charge is -2.23. The number of rotatable bonds is 11. The van der Waals surface area contributed by atoms with Gasteiger partial charge in [-0.1, -0.05) is 36.5 Å². The number of aliphatic hydroxyl groups excluding tert-OH is 1. The summed E-state index contributed by atoms with van der Waals surface area (Å²) in [5.74, 6) is 0.220. The molecule has 1 aliphatic rings. The lowest BCUT2D eigenvalue weighted by Crippen LogP contribution is -2.21. The molecule has 32 heavy (non-hydrogen) atoms. The van der Waals surface area contributed by atoms with Crippen LogP contribution in [0.5, 0.6) is 0 Å². The van der Waals surface area contributed by atoms with Gasteiger partial charge in [0.2, 0.25) is 0 Å². The van der Waals surface area contributed by atoms with Gasteiger partial charge in [0.05, 0.1) is 12.7 Å². The third kappa shape index (κ3) is 7.36. The van der Waals surface area contributed by atoms with Crippen molar-refractivity contribution < 1.29 is 14.6 Å². The quantitative estimate of drug-likeness (QED) is 0.190. The van der Waals surface area contributed by atoms with E-state index in [9.17, 15) is 9.90 Å². The monoisotopic (exact) mass is 516 g/mol. The Labute approximate surface area is 210 Å². The summed E-state index contributed by atoms with van der Waals surface area (Å²) in [5, 5.41) is 11.9. The number of alkyl halides is 1. The lowest BCUT2D eigenvalue weighted by molar-refractivity contribution is 0.0505. The molecule has 0 unspecified atom stereocenters. The molecule has 1 aromatic carbocycles. The van der Waals surface area contributed by atoms with E-state index in [1.165, 1.54) is 16.2 Å². The number of hydrogen-bond acceptors (Lipinski definition) is 4. The second-order valence-electron chi connectivity index (χ2n) is 8.61. The summed E-state index contributed by atoms with van der Waals surface area (Å²) in [4.78, 5) is 13.9. The molecule has 1 aliphatic carbocycles. The van der Waals surface area contributed by atoms with Crippen LogP contribution in [0.2, 0.25) is 10.0 Å². The number of carbonyl (C=O) groups is 1. The average Bonchev–Trinajstić information content (AvgIpc) is 3.30. The molecule has 1 heterocycles. The predicted octanol–water partition coefficient (Wildman–Crippen LogP) is 7.57. The first-order valence-corrected chi connectivity index (χ1v) is 13.4. The number of hydrogen-bond donors (Lipinski definition) is 1. The number of unbranched alkanes of at least 4 members (excludes halogenated alkanes) is 1. The Hall–Kier alpha value is -0.780. The highest BCUT2D eigenvalue weighted by molar-refractivity contribution is 7.13. The molecule has 0 aliphatic heterocycles. The molecule has 176 valence electrons. The number of carbonyl (C=O) groups excluding carboxylic acids is 1. The first-order chi connectivity index (χ1) is 15.4. The van der Waals surface area contributed by atoms with E-state index in [1.807, 2.05) is 24.3 Å². The van der Waals surface area contributed by atoms with Crippen LogP contribution in [0.3, 0.4) is 0 Å². The maximum absolute atomic E-state index is 12.1. The third-order valence-corrected chi connectivity index (χ3v) is 8.28. The topological polar surface area (TPSA) is 46.5 Å². The molecule has 0 amide bonds. The predicted molar refractivity (Wildman–Crippen MR) is 134 cm³/mol. The van der Waals surface area contributed by atoms with E-state index in [-0.39, 0.29) is 29.3 Å². The lowest BCUT2D eigenvalue weighted by atomic mass is 9.85. The number of esters is 1. The Bertz CT molecular complexity index is 865. The fourth-order valence-corrected chi connectivity index (χ4v) is 6.55. The number of aliphatic hydroxyl groups is 1. The number of benzene rings is 1. The maximum atomic E-state index is 12.1. The molecular weight excluding hydrogens is 487 g/mol. The normalized spacial score (nSPS) is 22.9. The molecule has 1 N–H and O–H groups in total. The van der Waals surface area contributed by atoms with Crippen molar-refractivity contribution in [3.8, 4) is 0 Å². The minimum absolute atomic E-state index is 0.00890. The van der Waals surface area contributed by atoms with E-state index >= 15 is 0 Å². The van der Waals surface area contributed by atoms with Crippen molar-refractivity contribution in [2.45, 2.75) is 69.8 Å². The van der Waals surface area contributed by atoms with Crippen LogP contribution in [0.15, 0.2) is 30.3 Å². The molecule has 0 saturated heterocycles. The second kappa shape index (κ2) is 12.6. The fourth-order valence-electron chi connectivity index (χ4n) is 4.54. The Morgan fingerprint density at radius 3 is 2.56 bits per heavy atom. The molecule has 2 aromatic rings. The third-order valence-electron chi connectivity index (χ3n) is 6.22. The Balaban J connectivity index is 1.50. The molecule has 1 aromatic heterocycles. The van der Waals surface area contributed by atoms with Crippen molar-refractivity contribution in [3.63, 3.8) is 0 Å². The highest BCUT2D eigenvalue weighted by atomic mass is 35.5. The van der Waals surface area contributed by atoms with Gasteiger partial charge >= 0.3 is 5.97 Å². The van der Waals surface area contributed by atoms with Gasteiger partial charge in [0.15, 0.2) is 0 Å². The van der Waals surface area contributed by atoms with Crippen molar-refractivity contribution >= 4 is 52.1 Å². The fraction of sp³-hybridized carbons (Fsp3) is 0.560. The van der Waals surface area contributed by atoms with E-state index in [0.29, 0.717) is 28.0 Å². The molecule has 4 atom stereocenters. The summed E-state index contributed by atoms with van der Waals surface area (Å²) in [6.07, 6.45) is 6.68. The summed E-state index contributed by atoms with van der Waals surface area (Å²) < 4.78 is 5.30. The summed E-state index contributed by atoms with van der Waals surface area (Å²) >= 11 is 20.4. The molecule has 0 radical (unpaired) electrons. The van der Waals surface area contributed by atoms with Gasteiger partial charge < -0.3 is 9.84 Å². The zero-order chi connectivity index (χ0) is 23.1. The van der Waals surface area contributed by atoms with Gasteiger partial charge in [0, 0.05) is 20.3 Å². The van der Waals surface area contributed by atoms with E-state index in [4.69, 9.17) is 39.5 Å². The smallest absolute Gasteiger partial charge is 0.348 e. The first-order valence-electron chi connectivity index (χ1n) is 11.4. The van der Waals surface area contributed by atoms with Crippen LogP contribution in [-0.2, 0) is 17.6 Å². The van der Waals surface area contributed by atoms with Gasteiger partial charge in [-0.15, -0.1) is 22.9 Å². The summed E-state index contributed by atoms with van der Waals surface area (Å²) in [6.45, 7) is 2.55. The van der Waals surface area contributed by atoms with Crippen LogP contribution in [-0.4, -0.2) is 29.2 Å². The summed E-state index contributed by atoms with van der Waals surface area (Å²) in [7, 11) is 0. The zero-order valence-corrected chi connectivity index (χ0v) is 21.5. The number of halogens is 3. The van der Waals surface area contributed by atoms with Crippen molar-refractivity contribution in [3.05, 3.63) is 55.7 Å². The van der Waals surface area contributed by atoms with Crippen LogP contribution < -0.4 is 0 Å². The van der Waals surface area contributed by atoms with Gasteiger partial charge in [-0.3, -0.25) is 0 Å². The zero-order valence-electron chi connectivity index (χ0n) is 18.4. The van der Waals surface area contributed by atoms with Crippen LogP contribution in [0.4, 0.5) is 0 Å². The molecule has 1 fully saturated rings. The van der Waals surface area contributed by atoms with Gasteiger partial charge in [-0.05, 0) is 92.7 Å². The van der Waals surface area contributed by atoms with Crippen molar-refractivity contribution in [2.75, 3.05) is 6.61 Å². The average molecular weight is 518 g/mol. The van der Waals surface area contributed by atoms with Crippen LogP contribution in [0.25, 0.3) is 0 Å². The maximum Gasteiger partial charge on any atom is 0.348 e. The minimum Gasteiger partial charge on any atom is -0.462 e. The van der Waals surface area contributed by atoms with Gasteiger partial charge in [0.1, 0.15) is 4.88 Å². The SMILES string of the molecule is CCCCOC(=O)c1ccc(CCC[C@@H]2[C@@H](CCc3cc(Cl)cc(Cl)c3)[C@H](O)C[C@H]2Cl)s1. The molecule has 7 heteroatoms. The molecular formula is C25H31Cl3O3S. The molecule has 0 bridgehead atoms. The van der Waals surface area contributed by atoms with E-state index in [0.717, 1.165) is 50.5 Å². The Morgan fingerprint density at radius 2 is 1.84 bits per heavy atom. The van der Waals surface area contributed by atoms with Gasteiger partial charge in [0.25, 0.3) is 0 Å². The standard InChI is InChI=1S/C25H31Cl3O3S/c1-2-3-11-31-25(30)24-10-8-19(32-24)5-4-6-20-21(23(29)15-22(20)28)9-7-16-12-17(26)14-18(27)13-16/h8,10,12-14,20-23,29H,2-7,9,11,15H2,1H3/t20-,21-,22-,23-/m1/s1. The van der Waals surface area contributed by atoms with Crippen molar-refractivity contribution in [2.24, 2.45) is 11.8 Å². The molecule has 1 saturated carbocycles.